The number of aliphatic hydroxyl groups excluding tert-OH is 1. The van der Waals surface area contributed by atoms with Gasteiger partial charge in [-0.3, -0.25) is 29.2 Å². The molecule has 0 bridgehead atoms. The van der Waals surface area contributed by atoms with E-state index in [9.17, 15) is 19.5 Å². The van der Waals surface area contributed by atoms with Crippen LogP contribution >= 0.6 is 0 Å². The predicted molar refractivity (Wildman–Crippen MR) is 261 cm³/mol. The molecule has 346 valence electrons. The van der Waals surface area contributed by atoms with Crippen LogP contribution in [0.1, 0.15) is 87.4 Å². The van der Waals surface area contributed by atoms with Crippen LogP contribution in [0.4, 0.5) is 34.4 Å². The van der Waals surface area contributed by atoms with E-state index in [1.54, 1.807) is 30.4 Å². The summed E-state index contributed by atoms with van der Waals surface area (Å²) in [6.07, 6.45) is 10.4. The largest absolute Gasteiger partial charge is 0.392 e. The molecule has 2 fully saturated rings. The van der Waals surface area contributed by atoms with E-state index in [2.05, 4.69) is 100 Å². The number of pyridine rings is 2. The van der Waals surface area contributed by atoms with Gasteiger partial charge in [0.05, 0.1) is 23.7 Å². The highest BCUT2D eigenvalue weighted by Crippen LogP contribution is 2.41. The summed E-state index contributed by atoms with van der Waals surface area (Å²) in [6, 6.07) is 14.5. The Hall–Kier alpha value is -6.32. The first kappa shape index (κ1) is 44.9. The number of piperazine rings is 1. The minimum Gasteiger partial charge on any atom is -0.392 e. The van der Waals surface area contributed by atoms with Crippen molar-refractivity contribution in [3.63, 3.8) is 0 Å². The molecule has 9 rings (SSSR count). The third-order valence-electron chi connectivity index (χ3n) is 13.9. The molecule has 0 spiro atoms. The van der Waals surface area contributed by atoms with Gasteiger partial charge in [0, 0.05) is 123 Å². The summed E-state index contributed by atoms with van der Waals surface area (Å²) < 4.78 is 3.59. The number of anilines is 6. The summed E-state index contributed by atoms with van der Waals surface area (Å²) in [5.41, 5.74) is 8.69. The summed E-state index contributed by atoms with van der Waals surface area (Å²) in [7, 11) is 1.65. The van der Waals surface area contributed by atoms with E-state index in [-0.39, 0.29) is 40.1 Å². The fourth-order valence-electron chi connectivity index (χ4n) is 10.5. The minimum absolute atomic E-state index is 0.00126. The molecule has 66 heavy (non-hydrogen) atoms. The minimum atomic E-state index is -0.397. The van der Waals surface area contributed by atoms with Crippen LogP contribution < -0.4 is 30.9 Å². The van der Waals surface area contributed by atoms with Crippen LogP contribution in [-0.4, -0.2) is 97.3 Å². The summed E-state index contributed by atoms with van der Waals surface area (Å²) in [5, 5.41) is 17.1. The Morgan fingerprint density at radius 3 is 2.47 bits per heavy atom. The van der Waals surface area contributed by atoms with Crippen molar-refractivity contribution < 1.29 is 14.7 Å². The van der Waals surface area contributed by atoms with Crippen molar-refractivity contribution in [1.82, 2.24) is 29.0 Å². The van der Waals surface area contributed by atoms with Crippen LogP contribution in [0.3, 0.4) is 0 Å². The second-order valence-corrected chi connectivity index (χ2v) is 20.3. The number of aromatic nitrogens is 5. The van der Waals surface area contributed by atoms with Gasteiger partial charge in [0.2, 0.25) is 5.91 Å². The number of hydrogen-bond donors (Lipinski definition) is 3. The summed E-state index contributed by atoms with van der Waals surface area (Å²) in [4.78, 5) is 63.7. The van der Waals surface area contributed by atoms with Crippen molar-refractivity contribution in [2.45, 2.75) is 97.9 Å². The van der Waals surface area contributed by atoms with Gasteiger partial charge in [0.15, 0.2) is 5.82 Å². The van der Waals surface area contributed by atoms with Crippen molar-refractivity contribution >= 4 is 46.2 Å². The molecule has 7 heterocycles. The molecule has 3 aliphatic heterocycles. The Morgan fingerprint density at radius 1 is 0.970 bits per heavy atom. The molecule has 1 unspecified atom stereocenters. The van der Waals surface area contributed by atoms with Crippen LogP contribution in [0.25, 0.3) is 11.3 Å². The van der Waals surface area contributed by atoms with E-state index in [4.69, 9.17) is 4.98 Å². The normalized spacial score (nSPS) is 18.9. The fourth-order valence-corrected chi connectivity index (χ4v) is 10.5. The lowest BCUT2D eigenvalue weighted by atomic mass is 9.90. The Morgan fingerprint density at radius 2 is 1.74 bits per heavy atom. The van der Waals surface area contributed by atoms with Crippen molar-refractivity contribution in [1.29, 1.82) is 0 Å². The molecular weight excluding hydrogens is 831 g/mol. The number of nitrogens with one attached hydrogen (secondary N) is 2. The van der Waals surface area contributed by atoms with Gasteiger partial charge in [-0.1, -0.05) is 41.2 Å². The van der Waals surface area contributed by atoms with E-state index in [0.717, 1.165) is 69.8 Å². The van der Waals surface area contributed by atoms with Crippen LogP contribution in [0.2, 0.25) is 0 Å². The molecule has 0 radical (unpaired) electrons. The monoisotopic (exact) mass is 894 g/mol. The highest BCUT2D eigenvalue weighted by molar-refractivity contribution is 6.06. The first-order valence-corrected chi connectivity index (χ1v) is 23.3. The lowest BCUT2D eigenvalue weighted by Crippen LogP contribution is -2.57. The highest BCUT2D eigenvalue weighted by atomic mass is 16.3. The molecule has 1 aromatic carbocycles. The molecule has 0 saturated carbocycles. The fraction of sp³-hybridized carbons (Fsp3) is 0.451. The second kappa shape index (κ2) is 17.5. The van der Waals surface area contributed by atoms with Crippen LogP contribution in [0.15, 0.2) is 78.5 Å². The molecular formula is C51H63N11O4. The zero-order valence-corrected chi connectivity index (χ0v) is 39.4. The number of piperidine rings is 1. The Balaban J connectivity index is 0.919. The van der Waals surface area contributed by atoms with Crippen LogP contribution in [-0.2, 0) is 43.3 Å². The number of hydrogen-bond acceptors (Lipinski definition) is 11. The number of benzene rings is 1. The standard InChI is InChI=1S/C51H63N11O4/c1-9-45(64)55-39-25-34(10-11-41(39)60-21-20-59(29-32(60)2)35-14-18-58(19-15-35)36-12-16-52-44(26-36)50(3,4)5)54-46-49(66)57(8)30-40(56-46)37-13-17-53-47(38(37)31-63)62-23-22-61-42(48(62)65)24-33-27-51(6,7)28-43(33)61/h9-13,16-17,24-26,30,32,35,63H,1,14-15,18-23,27-29,31H2,2-8H3,(H,54,56)(H,55,64). The summed E-state index contributed by atoms with van der Waals surface area (Å²) in [6.45, 7) is 22.2. The number of amides is 2. The maximum absolute atomic E-state index is 14.0. The lowest BCUT2D eigenvalue weighted by Gasteiger charge is -2.47. The van der Waals surface area contributed by atoms with E-state index < -0.39 is 6.61 Å². The Bertz CT molecular complexity index is 2760. The molecule has 15 heteroatoms. The van der Waals surface area contributed by atoms with Gasteiger partial charge >= 0.3 is 0 Å². The first-order valence-electron chi connectivity index (χ1n) is 23.3. The molecule has 4 aromatic heterocycles. The van der Waals surface area contributed by atoms with E-state index in [1.165, 1.54) is 27.6 Å². The number of fused-ring (bicyclic) bond motifs is 3. The number of carbonyl (C=O) groups is 2. The maximum Gasteiger partial charge on any atom is 0.293 e. The average molecular weight is 894 g/mol. The maximum atomic E-state index is 14.0. The molecule has 4 aliphatic rings. The molecule has 1 aliphatic carbocycles. The summed E-state index contributed by atoms with van der Waals surface area (Å²) >= 11 is 0. The van der Waals surface area contributed by atoms with Gasteiger partial charge in [-0.15, -0.1) is 0 Å². The van der Waals surface area contributed by atoms with Crippen molar-refractivity contribution in [2.75, 3.05) is 64.6 Å². The van der Waals surface area contributed by atoms with Crippen LogP contribution in [0.5, 0.6) is 0 Å². The topological polar surface area (TPSA) is 157 Å². The quantitative estimate of drug-likeness (QED) is 0.129. The second-order valence-electron chi connectivity index (χ2n) is 20.3. The third-order valence-corrected chi connectivity index (χ3v) is 13.9. The third kappa shape index (κ3) is 8.61. The molecule has 15 nitrogen and oxygen atoms in total. The molecule has 3 N–H and O–H groups in total. The number of carbonyl (C=O) groups excluding carboxylic acids is 2. The SMILES string of the molecule is C=CC(=O)Nc1cc(Nc2nc(-c3ccnc(N4CCn5c(cc6c5CC(C)(C)C6)C4=O)c3CO)cn(C)c2=O)ccc1N1CCN(C2CCN(c3ccnc(C(C)(C)C)c3)CC2)CC1C. The Labute approximate surface area is 387 Å². The molecule has 5 aromatic rings. The zero-order chi connectivity index (χ0) is 46.7. The number of nitrogens with zero attached hydrogens (tertiary/aromatic N) is 9. The van der Waals surface area contributed by atoms with Crippen LogP contribution in [0, 0.1) is 5.41 Å². The first-order chi connectivity index (χ1) is 31.5. The number of aryl methyl sites for hydroxylation is 1. The molecule has 2 amide bonds. The smallest absolute Gasteiger partial charge is 0.293 e. The zero-order valence-electron chi connectivity index (χ0n) is 39.4. The Kier molecular flexibility index (Phi) is 11.9. The van der Waals surface area contributed by atoms with Crippen molar-refractivity contribution in [2.24, 2.45) is 12.5 Å². The van der Waals surface area contributed by atoms with Gasteiger partial charge < -0.3 is 34.7 Å². The van der Waals surface area contributed by atoms with E-state index in [1.807, 2.05) is 30.5 Å². The van der Waals surface area contributed by atoms with Crippen molar-refractivity contribution in [3.05, 3.63) is 112 Å². The van der Waals surface area contributed by atoms with E-state index >= 15 is 0 Å². The average Bonchev–Trinajstić information content (AvgIpc) is 3.79. The molecule has 2 saturated heterocycles. The van der Waals surface area contributed by atoms with Gasteiger partial charge in [0.25, 0.3) is 11.5 Å². The van der Waals surface area contributed by atoms with Gasteiger partial charge in [-0.2, -0.15) is 0 Å². The highest BCUT2D eigenvalue weighted by Gasteiger charge is 2.38. The summed E-state index contributed by atoms with van der Waals surface area (Å²) in [5.74, 6) is -0.0744. The van der Waals surface area contributed by atoms with E-state index in [0.29, 0.717) is 58.8 Å². The van der Waals surface area contributed by atoms with Gasteiger partial charge in [-0.25, -0.2) is 9.97 Å². The number of rotatable bonds is 10. The van der Waals surface area contributed by atoms with Gasteiger partial charge in [0.1, 0.15) is 11.5 Å². The number of aliphatic hydroxyl groups is 1. The van der Waals surface area contributed by atoms with Gasteiger partial charge in [-0.05, 0) is 92.1 Å². The predicted octanol–water partition coefficient (Wildman–Crippen LogP) is 6.66. The molecule has 1 atom stereocenters. The lowest BCUT2D eigenvalue weighted by molar-refractivity contribution is -0.111. The van der Waals surface area contributed by atoms with Crippen molar-refractivity contribution in [3.8, 4) is 11.3 Å².